The van der Waals surface area contributed by atoms with Gasteiger partial charge in [0, 0.05) is 25.8 Å². The van der Waals surface area contributed by atoms with Crippen LogP contribution in [0.3, 0.4) is 0 Å². The molecule has 0 fully saturated rings. The second kappa shape index (κ2) is 6.39. The highest BCUT2D eigenvalue weighted by Crippen LogP contribution is 2.21. The zero-order valence-electron chi connectivity index (χ0n) is 11.7. The first-order valence-corrected chi connectivity index (χ1v) is 6.47. The van der Waals surface area contributed by atoms with Crippen LogP contribution in [0.25, 0.3) is 0 Å². The Morgan fingerprint density at radius 3 is 2.60 bits per heavy atom. The highest BCUT2D eigenvalue weighted by atomic mass is 19.1. The maximum Gasteiger partial charge on any atom is 0.123 e. The van der Waals surface area contributed by atoms with Crippen LogP contribution < -0.4 is 15.4 Å². The molecule has 0 amide bonds. The van der Waals surface area contributed by atoms with Crippen LogP contribution in [0, 0.1) is 5.82 Å². The van der Waals surface area contributed by atoms with E-state index >= 15 is 0 Å². The predicted molar refractivity (Wildman–Crippen MR) is 79.6 cm³/mol. The van der Waals surface area contributed by atoms with E-state index in [1.807, 2.05) is 43.3 Å². The number of hydrogen-bond donors (Lipinski definition) is 1. The second-order valence-electron chi connectivity index (χ2n) is 4.86. The average Bonchev–Trinajstić information content (AvgIpc) is 2.45. The second-order valence-corrected chi connectivity index (χ2v) is 4.86. The van der Waals surface area contributed by atoms with Gasteiger partial charge in [-0.25, -0.2) is 4.39 Å². The van der Waals surface area contributed by atoms with Gasteiger partial charge in [-0.15, -0.1) is 0 Å². The summed E-state index contributed by atoms with van der Waals surface area (Å²) >= 11 is 0. The zero-order valence-corrected chi connectivity index (χ0v) is 11.7. The summed E-state index contributed by atoms with van der Waals surface area (Å²) in [4.78, 5) is 2.00. The Morgan fingerprint density at radius 2 is 1.90 bits per heavy atom. The molecule has 0 aliphatic carbocycles. The van der Waals surface area contributed by atoms with Gasteiger partial charge in [-0.05, 0) is 29.8 Å². The summed E-state index contributed by atoms with van der Waals surface area (Å²) in [5.74, 6) is 0.468. The predicted octanol–water partition coefficient (Wildman–Crippen LogP) is 2.97. The Morgan fingerprint density at radius 1 is 1.15 bits per heavy atom. The van der Waals surface area contributed by atoms with Gasteiger partial charge in [0.2, 0.25) is 0 Å². The third kappa shape index (κ3) is 3.71. The van der Waals surface area contributed by atoms with Crippen molar-refractivity contribution >= 4 is 5.69 Å². The van der Waals surface area contributed by atoms with Gasteiger partial charge in [-0.3, -0.25) is 0 Å². The summed E-state index contributed by atoms with van der Waals surface area (Å²) in [6, 6.07) is 13.7. The zero-order chi connectivity index (χ0) is 14.5. The summed E-state index contributed by atoms with van der Waals surface area (Å²) in [6.07, 6.45) is 0. The van der Waals surface area contributed by atoms with Gasteiger partial charge in [0.05, 0.1) is 6.04 Å². The fraction of sp³-hybridized carbons (Fsp3) is 0.250. The fourth-order valence-corrected chi connectivity index (χ4v) is 1.87. The molecule has 0 aliphatic heterocycles. The Balaban J connectivity index is 1.99. The van der Waals surface area contributed by atoms with Crippen molar-refractivity contribution in [2.45, 2.75) is 6.04 Å². The molecule has 2 N–H and O–H groups in total. The Labute approximate surface area is 118 Å². The normalized spacial score (nSPS) is 12.0. The number of nitrogens with zero attached hydrogens (tertiary/aromatic N) is 1. The molecule has 0 saturated carbocycles. The van der Waals surface area contributed by atoms with E-state index in [0.717, 1.165) is 17.0 Å². The minimum absolute atomic E-state index is 0.285. The monoisotopic (exact) mass is 274 g/mol. The summed E-state index contributed by atoms with van der Waals surface area (Å²) in [6.45, 7) is 0.306. The first kappa shape index (κ1) is 14.3. The molecular weight excluding hydrogens is 255 g/mol. The lowest BCUT2D eigenvalue weighted by Gasteiger charge is -2.16. The smallest absolute Gasteiger partial charge is 0.123 e. The quantitative estimate of drug-likeness (QED) is 0.911. The van der Waals surface area contributed by atoms with Crippen molar-refractivity contribution in [3.8, 4) is 5.75 Å². The van der Waals surface area contributed by atoms with E-state index in [1.165, 1.54) is 12.1 Å². The first-order chi connectivity index (χ1) is 9.56. The van der Waals surface area contributed by atoms with Crippen molar-refractivity contribution in [2.75, 3.05) is 25.6 Å². The maximum absolute atomic E-state index is 13.1. The van der Waals surface area contributed by atoms with Crippen LogP contribution in [0.15, 0.2) is 48.5 Å². The van der Waals surface area contributed by atoms with Gasteiger partial charge in [0.25, 0.3) is 0 Å². The molecule has 1 unspecified atom stereocenters. The van der Waals surface area contributed by atoms with Crippen LogP contribution in [0.5, 0.6) is 5.75 Å². The van der Waals surface area contributed by atoms with Crippen LogP contribution in [0.2, 0.25) is 0 Å². The molecule has 2 aromatic rings. The molecule has 0 spiro atoms. The molecule has 1 atom stereocenters. The van der Waals surface area contributed by atoms with Crippen LogP contribution in [0.1, 0.15) is 11.6 Å². The number of ether oxygens (including phenoxy) is 1. The van der Waals surface area contributed by atoms with E-state index in [2.05, 4.69) is 0 Å². The molecule has 0 saturated heterocycles. The molecular formula is C16H19FN2O. The van der Waals surface area contributed by atoms with Crippen molar-refractivity contribution in [3.05, 3.63) is 59.9 Å². The maximum atomic E-state index is 13.1. The largest absolute Gasteiger partial charge is 0.492 e. The molecule has 3 nitrogen and oxygen atoms in total. The van der Waals surface area contributed by atoms with Gasteiger partial charge in [-0.2, -0.15) is 0 Å². The molecule has 20 heavy (non-hydrogen) atoms. The van der Waals surface area contributed by atoms with Gasteiger partial charge < -0.3 is 15.4 Å². The van der Waals surface area contributed by atoms with Crippen LogP contribution in [-0.2, 0) is 0 Å². The summed E-state index contributed by atoms with van der Waals surface area (Å²) in [5, 5.41) is 0. The number of hydrogen-bond acceptors (Lipinski definition) is 3. The van der Waals surface area contributed by atoms with Crippen LogP contribution in [-0.4, -0.2) is 20.7 Å². The number of benzene rings is 2. The molecule has 0 heterocycles. The van der Waals surface area contributed by atoms with E-state index in [0.29, 0.717) is 6.61 Å². The molecule has 2 rings (SSSR count). The lowest BCUT2D eigenvalue weighted by Crippen LogP contribution is -2.19. The number of rotatable bonds is 5. The van der Waals surface area contributed by atoms with Crippen LogP contribution >= 0.6 is 0 Å². The summed E-state index contributed by atoms with van der Waals surface area (Å²) in [5.41, 5.74) is 7.80. The van der Waals surface area contributed by atoms with Crippen molar-refractivity contribution in [1.82, 2.24) is 0 Å². The minimum atomic E-state index is -0.353. The third-order valence-corrected chi connectivity index (χ3v) is 3.04. The Hall–Kier alpha value is -2.07. The molecule has 2 aromatic carbocycles. The van der Waals surface area contributed by atoms with E-state index in [-0.39, 0.29) is 11.9 Å². The van der Waals surface area contributed by atoms with Gasteiger partial charge in [0.1, 0.15) is 18.2 Å². The van der Waals surface area contributed by atoms with Crippen molar-refractivity contribution in [2.24, 2.45) is 5.73 Å². The highest BCUT2D eigenvalue weighted by Gasteiger charge is 2.08. The van der Waals surface area contributed by atoms with Gasteiger partial charge in [-0.1, -0.05) is 18.2 Å². The lowest BCUT2D eigenvalue weighted by molar-refractivity contribution is 0.290. The SMILES string of the molecule is CN(C)c1cccc(OCC(N)c2cccc(F)c2)c1. The van der Waals surface area contributed by atoms with E-state index < -0.39 is 0 Å². The first-order valence-electron chi connectivity index (χ1n) is 6.47. The lowest BCUT2D eigenvalue weighted by atomic mass is 10.1. The summed E-state index contributed by atoms with van der Waals surface area (Å²) < 4.78 is 18.8. The fourth-order valence-electron chi connectivity index (χ4n) is 1.87. The van der Waals surface area contributed by atoms with E-state index in [1.54, 1.807) is 12.1 Å². The number of nitrogens with two attached hydrogens (primary N) is 1. The van der Waals surface area contributed by atoms with Gasteiger partial charge in [0.15, 0.2) is 0 Å². The number of anilines is 1. The van der Waals surface area contributed by atoms with Crippen molar-refractivity contribution < 1.29 is 9.13 Å². The standard InChI is InChI=1S/C16H19FN2O/c1-19(2)14-7-4-8-15(10-14)20-11-16(18)12-5-3-6-13(17)9-12/h3-10,16H,11,18H2,1-2H3. The summed E-state index contributed by atoms with van der Waals surface area (Å²) in [7, 11) is 3.94. The Bertz CT molecular complexity index is 572. The third-order valence-electron chi connectivity index (χ3n) is 3.04. The van der Waals surface area contributed by atoms with Gasteiger partial charge >= 0.3 is 0 Å². The average molecular weight is 274 g/mol. The molecule has 0 bridgehead atoms. The van der Waals surface area contributed by atoms with E-state index in [9.17, 15) is 4.39 Å². The molecule has 0 aliphatic rings. The topological polar surface area (TPSA) is 38.5 Å². The molecule has 4 heteroatoms. The minimum Gasteiger partial charge on any atom is -0.492 e. The number of halogens is 1. The van der Waals surface area contributed by atoms with E-state index in [4.69, 9.17) is 10.5 Å². The Kier molecular flexibility index (Phi) is 4.58. The molecule has 0 radical (unpaired) electrons. The molecule has 106 valence electrons. The van der Waals surface area contributed by atoms with Crippen molar-refractivity contribution in [1.29, 1.82) is 0 Å². The highest BCUT2D eigenvalue weighted by molar-refractivity contribution is 5.49. The van der Waals surface area contributed by atoms with Crippen molar-refractivity contribution in [3.63, 3.8) is 0 Å². The molecule has 0 aromatic heterocycles. The van der Waals surface area contributed by atoms with Crippen LogP contribution in [0.4, 0.5) is 10.1 Å².